The van der Waals surface area contributed by atoms with Crippen LogP contribution in [0.4, 0.5) is 5.69 Å². The fourth-order valence-electron chi connectivity index (χ4n) is 2.67. The van der Waals surface area contributed by atoms with Crippen molar-refractivity contribution in [2.45, 2.75) is 31.8 Å². The standard InChI is InChI=1S/C19H21N5O2S/c1-12(2)16-6-4-5-13(3)18(16)20-17(26)11-27-19-21-22-23-24(19)14-7-9-15(25)10-8-14/h4-10,12,25H,11H2,1-3H3,(H,20,26). The second-order valence-corrected chi connectivity index (χ2v) is 7.36. The molecule has 8 heteroatoms. The minimum absolute atomic E-state index is 0.114. The third-order valence-corrected chi connectivity index (χ3v) is 4.98. The lowest BCUT2D eigenvalue weighted by Crippen LogP contribution is -2.17. The quantitative estimate of drug-likeness (QED) is 0.633. The lowest BCUT2D eigenvalue weighted by Gasteiger charge is -2.16. The highest BCUT2D eigenvalue weighted by molar-refractivity contribution is 7.99. The lowest BCUT2D eigenvalue weighted by molar-refractivity contribution is -0.113. The van der Waals surface area contributed by atoms with E-state index in [0.717, 1.165) is 16.8 Å². The summed E-state index contributed by atoms with van der Waals surface area (Å²) in [6.07, 6.45) is 0. The Hall–Kier alpha value is -2.87. The molecule has 3 aromatic rings. The van der Waals surface area contributed by atoms with Crippen molar-refractivity contribution in [1.82, 2.24) is 20.2 Å². The number of para-hydroxylation sites is 1. The van der Waals surface area contributed by atoms with Crippen LogP contribution < -0.4 is 5.32 Å². The maximum absolute atomic E-state index is 12.5. The summed E-state index contributed by atoms with van der Waals surface area (Å²) in [5.74, 6) is 0.551. The third-order valence-electron chi connectivity index (χ3n) is 4.06. The molecule has 2 N–H and O–H groups in total. The molecule has 1 heterocycles. The monoisotopic (exact) mass is 383 g/mol. The Morgan fingerprint density at radius 3 is 2.67 bits per heavy atom. The molecule has 27 heavy (non-hydrogen) atoms. The number of phenolic OH excluding ortho intramolecular Hbond substituents is 1. The summed E-state index contributed by atoms with van der Waals surface area (Å²) >= 11 is 1.25. The summed E-state index contributed by atoms with van der Waals surface area (Å²) in [6.45, 7) is 6.19. The van der Waals surface area contributed by atoms with E-state index in [1.807, 2.05) is 25.1 Å². The molecule has 0 unspecified atom stereocenters. The largest absolute Gasteiger partial charge is 0.508 e. The van der Waals surface area contributed by atoms with Gasteiger partial charge in [0.05, 0.1) is 11.4 Å². The van der Waals surface area contributed by atoms with Crippen LogP contribution in [0.5, 0.6) is 5.75 Å². The van der Waals surface area contributed by atoms with Crippen molar-refractivity contribution in [2.75, 3.05) is 11.1 Å². The number of carbonyl (C=O) groups excluding carboxylic acids is 1. The van der Waals surface area contributed by atoms with Gasteiger partial charge in [0.25, 0.3) is 0 Å². The number of nitrogens with zero attached hydrogens (tertiary/aromatic N) is 4. The number of aromatic nitrogens is 4. The Morgan fingerprint density at radius 2 is 1.96 bits per heavy atom. The number of hydrogen-bond acceptors (Lipinski definition) is 6. The van der Waals surface area contributed by atoms with Gasteiger partial charge >= 0.3 is 0 Å². The van der Waals surface area contributed by atoms with Gasteiger partial charge in [-0.15, -0.1) is 5.10 Å². The van der Waals surface area contributed by atoms with Gasteiger partial charge in [-0.05, 0) is 58.7 Å². The zero-order valence-corrected chi connectivity index (χ0v) is 16.2. The van der Waals surface area contributed by atoms with E-state index >= 15 is 0 Å². The van der Waals surface area contributed by atoms with Crippen LogP contribution in [0, 0.1) is 6.92 Å². The van der Waals surface area contributed by atoms with Crippen LogP contribution in [0.1, 0.15) is 30.9 Å². The van der Waals surface area contributed by atoms with Gasteiger partial charge in [0.15, 0.2) is 0 Å². The van der Waals surface area contributed by atoms with Crippen molar-refractivity contribution in [1.29, 1.82) is 0 Å². The van der Waals surface area contributed by atoms with Crippen molar-refractivity contribution in [3.63, 3.8) is 0 Å². The summed E-state index contributed by atoms with van der Waals surface area (Å²) in [6, 6.07) is 12.6. The number of amides is 1. The Balaban J connectivity index is 1.70. The van der Waals surface area contributed by atoms with E-state index in [-0.39, 0.29) is 17.4 Å². The minimum Gasteiger partial charge on any atom is -0.508 e. The van der Waals surface area contributed by atoms with Crippen LogP contribution in [0.25, 0.3) is 5.69 Å². The first-order valence-electron chi connectivity index (χ1n) is 8.55. The van der Waals surface area contributed by atoms with Gasteiger partial charge in [0, 0.05) is 5.69 Å². The number of tetrazole rings is 1. The first kappa shape index (κ1) is 18.9. The second kappa shape index (κ2) is 8.22. The van der Waals surface area contributed by atoms with Gasteiger partial charge in [0.2, 0.25) is 11.1 Å². The van der Waals surface area contributed by atoms with Gasteiger partial charge < -0.3 is 10.4 Å². The van der Waals surface area contributed by atoms with E-state index in [2.05, 4.69) is 34.7 Å². The number of nitrogens with one attached hydrogen (secondary N) is 1. The number of phenols is 1. The van der Waals surface area contributed by atoms with E-state index in [9.17, 15) is 9.90 Å². The number of benzene rings is 2. The lowest BCUT2D eigenvalue weighted by atomic mass is 9.98. The first-order valence-corrected chi connectivity index (χ1v) is 9.54. The maximum atomic E-state index is 12.5. The van der Waals surface area contributed by atoms with Crippen molar-refractivity contribution in [3.8, 4) is 11.4 Å². The fourth-order valence-corrected chi connectivity index (χ4v) is 3.36. The number of aromatic hydroxyl groups is 1. The smallest absolute Gasteiger partial charge is 0.234 e. The summed E-state index contributed by atoms with van der Waals surface area (Å²) in [4.78, 5) is 12.5. The Bertz CT molecular complexity index is 938. The highest BCUT2D eigenvalue weighted by Crippen LogP contribution is 2.28. The molecule has 3 rings (SSSR count). The summed E-state index contributed by atoms with van der Waals surface area (Å²) < 4.78 is 1.53. The topological polar surface area (TPSA) is 92.9 Å². The highest BCUT2D eigenvalue weighted by atomic mass is 32.2. The van der Waals surface area contributed by atoms with Gasteiger partial charge in [-0.1, -0.05) is 43.8 Å². The second-order valence-electron chi connectivity index (χ2n) is 6.42. The average molecular weight is 383 g/mol. The molecule has 0 spiro atoms. The Morgan fingerprint density at radius 1 is 1.22 bits per heavy atom. The Labute approximate surface area is 161 Å². The van der Waals surface area contributed by atoms with Crippen LogP contribution in [0.3, 0.4) is 0 Å². The maximum Gasteiger partial charge on any atom is 0.234 e. The van der Waals surface area contributed by atoms with Crippen LogP contribution in [-0.4, -0.2) is 37.0 Å². The van der Waals surface area contributed by atoms with E-state index in [1.54, 1.807) is 24.3 Å². The molecular weight excluding hydrogens is 362 g/mol. The van der Waals surface area contributed by atoms with Gasteiger partial charge in [-0.2, -0.15) is 4.68 Å². The molecule has 0 saturated carbocycles. The minimum atomic E-state index is -0.114. The van der Waals surface area contributed by atoms with Crippen molar-refractivity contribution in [2.24, 2.45) is 0 Å². The molecule has 0 aliphatic heterocycles. The first-order chi connectivity index (χ1) is 13.0. The predicted octanol–water partition coefficient (Wildman–Crippen LogP) is 3.53. The van der Waals surface area contributed by atoms with Crippen LogP contribution >= 0.6 is 11.8 Å². The van der Waals surface area contributed by atoms with Crippen LogP contribution in [0.15, 0.2) is 47.6 Å². The molecule has 140 valence electrons. The molecule has 0 bridgehead atoms. The molecule has 1 aromatic heterocycles. The summed E-state index contributed by atoms with van der Waals surface area (Å²) in [5.41, 5.74) is 3.73. The van der Waals surface area contributed by atoms with E-state index in [4.69, 9.17) is 0 Å². The SMILES string of the molecule is Cc1cccc(C(C)C)c1NC(=O)CSc1nnnn1-c1ccc(O)cc1. The van der Waals surface area contributed by atoms with E-state index in [1.165, 1.54) is 16.4 Å². The molecule has 0 saturated heterocycles. The molecule has 1 amide bonds. The molecule has 0 aliphatic carbocycles. The average Bonchev–Trinajstić information content (AvgIpc) is 3.10. The van der Waals surface area contributed by atoms with Crippen LogP contribution in [0.2, 0.25) is 0 Å². The number of carbonyl (C=O) groups is 1. The normalized spacial score (nSPS) is 11.0. The highest BCUT2D eigenvalue weighted by Gasteiger charge is 2.15. The van der Waals surface area contributed by atoms with E-state index < -0.39 is 0 Å². The molecule has 0 aliphatic rings. The molecule has 0 fully saturated rings. The number of rotatable bonds is 6. The summed E-state index contributed by atoms with van der Waals surface area (Å²) in [7, 11) is 0. The molecular formula is C19H21N5O2S. The zero-order valence-electron chi connectivity index (χ0n) is 15.4. The number of aryl methyl sites for hydroxylation is 1. The third kappa shape index (κ3) is 4.46. The van der Waals surface area contributed by atoms with Gasteiger partial charge in [0.1, 0.15) is 5.75 Å². The molecule has 0 atom stereocenters. The molecule has 2 aromatic carbocycles. The fraction of sp³-hybridized carbons (Fsp3) is 0.263. The number of hydrogen-bond donors (Lipinski definition) is 2. The van der Waals surface area contributed by atoms with Crippen LogP contribution in [-0.2, 0) is 4.79 Å². The Kier molecular flexibility index (Phi) is 5.75. The van der Waals surface area contributed by atoms with Crippen molar-refractivity contribution >= 4 is 23.4 Å². The van der Waals surface area contributed by atoms with Crippen molar-refractivity contribution < 1.29 is 9.90 Å². The van der Waals surface area contributed by atoms with Gasteiger partial charge in [-0.3, -0.25) is 4.79 Å². The number of thioether (sulfide) groups is 1. The number of anilines is 1. The summed E-state index contributed by atoms with van der Waals surface area (Å²) in [5, 5.41) is 24.5. The van der Waals surface area contributed by atoms with Gasteiger partial charge in [-0.25, -0.2) is 0 Å². The molecule has 0 radical (unpaired) electrons. The zero-order chi connectivity index (χ0) is 19.4. The van der Waals surface area contributed by atoms with Crippen molar-refractivity contribution in [3.05, 3.63) is 53.6 Å². The molecule has 7 nitrogen and oxygen atoms in total. The van der Waals surface area contributed by atoms with E-state index in [0.29, 0.717) is 16.8 Å². The predicted molar refractivity (Wildman–Crippen MR) is 105 cm³/mol.